The van der Waals surface area contributed by atoms with Crippen molar-refractivity contribution in [3.8, 4) is 11.4 Å². The molecule has 5 rings (SSSR count). The van der Waals surface area contributed by atoms with E-state index in [2.05, 4.69) is 44.3 Å². The number of aromatic nitrogens is 5. The van der Waals surface area contributed by atoms with Gasteiger partial charge in [-0.2, -0.15) is 0 Å². The molecule has 3 aromatic heterocycles. The molecule has 1 saturated heterocycles. The summed E-state index contributed by atoms with van der Waals surface area (Å²) in [6, 6.07) is 8.03. The molecular weight excluding hydrogens is 444 g/mol. The zero-order valence-corrected chi connectivity index (χ0v) is 18.9. The van der Waals surface area contributed by atoms with Gasteiger partial charge in [0.2, 0.25) is 0 Å². The second-order valence-electron chi connectivity index (χ2n) is 7.80. The Morgan fingerprint density at radius 2 is 1.87 bits per heavy atom. The summed E-state index contributed by atoms with van der Waals surface area (Å²) >= 11 is 3.61. The molecule has 8 heteroatoms. The normalized spacial score (nSPS) is 15.4. The predicted octanol–water partition coefficient (Wildman–Crippen LogP) is 3.85. The summed E-state index contributed by atoms with van der Waals surface area (Å²) in [6.07, 6.45) is 2.87. The van der Waals surface area contributed by atoms with Gasteiger partial charge in [0.05, 0.1) is 18.6 Å². The molecule has 0 radical (unpaired) electrons. The first-order valence-corrected chi connectivity index (χ1v) is 11.2. The Balaban J connectivity index is 1.50. The summed E-state index contributed by atoms with van der Waals surface area (Å²) in [5.74, 6) is 0.703. The fraction of sp³-hybridized carbons (Fsp3) is 0.409. The van der Waals surface area contributed by atoms with Crippen molar-refractivity contribution in [1.82, 2.24) is 29.0 Å². The Bertz CT molecular complexity index is 1210. The van der Waals surface area contributed by atoms with Crippen LogP contribution in [0, 0.1) is 13.8 Å². The maximum atomic E-state index is 5.45. The van der Waals surface area contributed by atoms with Gasteiger partial charge in [0.15, 0.2) is 11.5 Å². The first kappa shape index (κ1) is 19.7. The zero-order chi connectivity index (χ0) is 20.7. The largest absolute Gasteiger partial charge is 0.379 e. The van der Waals surface area contributed by atoms with Crippen LogP contribution in [0.3, 0.4) is 0 Å². The minimum Gasteiger partial charge on any atom is -0.379 e. The number of ether oxygens (including phenoxy) is 1. The highest BCUT2D eigenvalue weighted by atomic mass is 79.9. The molecule has 4 aromatic rings. The molecule has 0 bridgehead atoms. The second kappa shape index (κ2) is 8.09. The second-order valence-corrected chi connectivity index (χ2v) is 8.65. The minimum atomic E-state index is 0.703. The highest BCUT2D eigenvalue weighted by molar-refractivity contribution is 9.10. The molecule has 1 aliphatic rings. The van der Waals surface area contributed by atoms with Gasteiger partial charge in [-0.1, -0.05) is 28.1 Å². The van der Waals surface area contributed by atoms with Crippen molar-refractivity contribution in [2.45, 2.75) is 26.8 Å². The molecule has 0 spiro atoms. The molecule has 1 fully saturated rings. The minimum absolute atomic E-state index is 0.703. The number of morpholine rings is 1. The SMILES string of the molecule is Cc1c(C)n(CCCN2CCOCC2)c2ncn3nc(-c4ccccc4Br)nc3c12. The first-order chi connectivity index (χ1) is 14.6. The summed E-state index contributed by atoms with van der Waals surface area (Å²) in [7, 11) is 0. The molecule has 0 atom stereocenters. The monoisotopic (exact) mass is 468 g/mol. The van der Waals surface area contributed by atoms with Gasteiger partial charge >= 0.3 is 0 Å². The van der Waals surface area contributed by atoms with Crippen LogP contribution in [0.15, 0.2) is 35.1 Å². The van der Waals surface area contributed by atoms with E-state index in [-0.39, 0.29) is 0 Å². The van der Waals surface area contributed by atoms with Crippen molar-refractivity contribution in [2.24, 2.45) is 0 Å². The van der Waals surface area contributed by atoms with E-state index in [4.69, 9.17) is 14.7 Å². The molecule has 0 amide bonds. The van der Waals surface area contributed by atoms with Crippen LogP contribution in [-0.2, 0) is 11.3 Å². The standard InChI is InChI=1S/C22H25BrN6O/c1-15-16(2)28(9-5-8-27-10-12-30-13-11-27)21-19(15)22-25-20(26-29(22)14-24-21)17-6-3-4-7-18(17)23/h3-4,6-7,14H,5,8-13H2,1-2H3. The summed E-state index contributed by atoms with van der Waals surface area (Å²) < 4.78 is 10.6. The Kier molecular flexibility index (Phi) is 5.30. The quantitative estimate of drug-likeness (QED) is 0.445. The lowest BCUT2D eigenvalue weighted by atomic mass is 10.2. The van der Waals surface area contributed by atoms with Crippen LogP contribution < -0.4 is 0 Å². The van der Waals surface area contributed by atoms with E-state index in [0.29, 0.717) is 5.82 Å². The predicted molar refractivity (Wildman–Crippen MR) is 121 cm³/mol. The molecule has 1 aromatic carbocycles. The highest BCUT2D eigenvalue weighted by Gasteiger charge is 2.19. The third-order valence-electron chi connectivity index (χ3n) is 6.02. The van der Waals surface area contributed by atoms with E-state index in [1.54, 1.807) is 10.8 Å². The maximum Gasteiger partial charge on any atom is 0.183 e. The van der Waals surface area contributed by atoms with Crippen molar-refractivity contribution < 1.29 is 4.74 Å². The molecule has 0 aliphatic carbocycles. The summed E-state index contributed by atoms with van der Waals surface area (Å²) in [4.78, 5) is 12.1. The van der Waals surface area contributed by atoms with Gasteiger partial charge in [-0.05, 0) is 38.0 Å². The van der Waals surface area contributed by atoms with Gasteiger partial charge < -0.3 is 9.30 Å². The van der Waals surface area contributed by atoms with Gasteiger partial charge in [0, 0.05) is 41.9 Å². The molecule has 0 saturated carbocycles. The zero-order valence-electron chi connectivity index (χ0n) is 17.3. The number of hydrogen-bond acceptors (Lipinski definition) is 5. The molecule has 7 nitrogen and oxygen atoms in total. The van der Waals surface area contributed by atoms with Crippen molar-refractivity contribution in [3.05, 3.63) is 46.3 Å². The van der Waals surface area contributed by atoms with Crippen molar-refractivity contribution in [3.63, 3.8) is 0 Å². The highest BCUT2D eigenvalue weighted by Crippen LogP contribution is 2.30. The maximum absolute atomic E-state index is 5.45. The Hall–Kier alpha value is -2.29. The van der Waals surface area contributed by atoms with Gasteiger partial charge in [0.25, 0.3) is 0 Å². The van der Waals surface area contributed by atoms with Crippen LogP contribution in [0.4, 0.5) is 0 Å². The van der Waals surface area contributed by atoms with E-state index in [0.717, 1.165) is 72.5 Å². The molecule has 30 heavy (non-hydrogen) atoms. The molecule has 1 aliphatic heterocycles. The average Bonchev–Trinajstić information content (AvgIpc) is 3.29. The fourth-order valence-corrected chi connectivity index (χ4v) is 4.70. The van der Waals surface area contributed by atoms with Crippen LogP contribution in [0.25, 0.3) is 28.1 Å². The smallest absolute Gasteiger partial charge is 0.183 e. The third-order valence-corrected chi connectivity index (χ3v) is 6.71. The van der Waals surface area contributed by atoms with E-state index in [1.807, 2.05) is 24.3 Å². The number of rotatable bonds is 5. The first-order valence-electron chi connectivity index (χ1n) is 10.4. The Labute approximate surface area is 183 Å². The summed E-state index contributed by atoms with van der Waals surface area (Å²) in [5.41, 5.74) is 5.30. The Morgan fingerprint density at radius 3 is 2.67 bits per heavy atom. The van der Waals surface area contributed by atoms with Gasteiger partial charge in [-0.3, -0.25) is 4.90 Å². The number of hydrogen-bond donors (Lipinski definition) is 0. The van der Waals surface area contributed by atoms with Gasteiger partial charge in [0.1, 0.15) is 12.0 Å². The summed E-state index contributed by atoms with van der Waals surface area (Å²) in [5, 5.41) is 5.77. The van der Waals surface area contributed by atoms with Gasteiger partial charge in [-0.25, -0.2) is 14.5 Å². The lowest BCUT2D eigenvalue weighted by Gasteiger charge is -2.26. The van der Waals surface area contributed by atoms with Crippen LogP contribution in [0.2, 0.25) is 0 Å². The van der Waals surface area contributed by atoms with Crippen molar-refractivity contribution in [1.29, 1.82) is 0 Å². The van der Waals surface area contributed by atoms with Crippen LogP contribution in [0.5, 0.6) is 0 Å². The van der Waals surface area contributed by atoms with E-state index in [9.17, 15) is 0 Å². The lowest BCUT2D eigenvalue weighted by Crippen LogP contribution is -2.37. The molecule has 156 valence electrons. The molecule has 0 unspecified atom stereocenters. The molecule has 0 N–H and O–H groups in total. The third kappa shape index (κ3) is 3.42. The molecular formula is C22H25BrN6O. The Morgan fingerprint density at radius 1 is 1.07 bits per heavy atom. The number of aryl methyl sites for hydroxylation is 2. The fourth-order valence-electron chi connectivity index (χ4n) is 4.24. The van der Waals surface area contributed by atoms with Crippen LogP contribution >= 0.6 is 15.9 Å². The van der Waals surface area contributed by atoms with Crippen molar-refractivity contribution in [2.75, 3.05) is 32.8 Å². The van der Waals surface area contributed by atoms with E-state index in [1.165, 1.54) is 11.3 Å². The van der Waals surface area contributed by atoms with Crippen LogP contribution in [0.1, 0.15) is 17.7 Å². The van der Waals surface area contributed by atoms with Crippen molar-refractivity contribution >= 4 is 32.6 Å². The number of fused-ring (bicyclic) bond motifs is 3. The number of nitrogens with zero attached hydrogens (tertiary/aromatic N) is 6. The topological polar surface area (TPSA) is 60.5 Å². The van der Waals surface area contributed by atoms with Crippen LogP contribution in [-0.4, -0.2) is 61.9 Å². The average molecular weight is 469 g/mol. The number of halogens is 1. The van der Waals surface area contributed by atoms with Gasteiger partial charge in [-0.15, -0.1) is 5.10 Å². The molecule has 4 heterocycles. The van der Waals surface area contributed by atoms with E-state index >= 15 is 0 Å². The number of benzene rings is 1. The lowest BCUT2D eigenvalue weighted by molar-refractivity contribution is 0.0369. The van der Waals surface area contributed by atoms with E-state index < -0.39 is 0 Å². The summed E-state index contributed by atoms with van der Waals surface area (Å²) in [6.45, 7) is 10.1.